The van der Waals surface area contributed by atoms with Crippen LogP contribution in [0.5, 0.6) is 0 Å². The second-order valence-electron chi connectivity index (χ2n) is 3.44. The average molecular weight is 192 g/mol. The predicted molar refractivity (Wildman–Crippen MR) is 61.1 cm³/mol. The van der Waals surface area contributed by atoms with Crippen LogP contribution >= 0.6 is 0 Å². The molecule has 0 atom stereocenters. The van der Waals surface area contributed by atoms with Crippen molar-refractivity contribution < 1.29 is 0 Å². The van der Waals surface area contributed by atoms with Crippen molar-refractivity contribution in [2.75, 3.05) is 13.2 Å². The summed E-state index contributed by atoms with van der Waals surface area (Å²) in [5, 5.41) is 6.69. The molecule has 1 aromatic rings. The van der Waals surface area contributed by atoms with Gasteiger partial charge in [-0.25, -0.2) is 0 Å². The second kappa shape index (κ2) is 7.54. The highest BCUT2D eigenvalue weighted by atomic mass is 15.0. The zero-order valence-electron chi connectivity index (χ0n) is 8.92. The molecule has 0 aromatic heterocycles. The van der Waals surface area contributed by atoms with Gasteiger partial charge in [-0.3, -0.25) is 0 Å². The van der Waals surface area contributed by atoms with Crippen molar-refractivity contribution in [1.82, 2.24) is 10.6 Å². The third kappa shape index (κ3) is 5.00. The summed E-state index contributed by atoms with van der Waals surface area (Å²) in [6.07, 6.45) is 2.51. The lowest BCUT2D eigenvalue weighted by Crippen LogP contribution is -2.29. The first-order valence-electron chi connectivity index (χ1n) is 5.39. The molecule has 0 saturated heterocycles. The third-order valence-corrected chi connectivity index (χ3v) is 2.13. The normalized spacial score (nSPS) is 10.4. The van der Waals surface area contributed by atoms with Crippen LogP contribution in [0, 0.1) is 0 Å². The Hall–Kier alpha value is -0.860. The summed E-state index contributed by atoms with van der Waals surface area (Å²) in [5.74, 6) is 0. The first-order chi connectivity index (χ1) is 6.93. The third-order valence-electron chi connectivity index (χ3n) is 2.13. The topological polar surface area (TPSA) is 24.1 Å². The Bertz CT molecular complexity index is 221. The summed E-state index contributed by atoms with van der Waals surface area (Å²) in [4.78, 5) is 0. The molecule has 1 rings (SSSR count). The average Bonchev–Trinajstić information content (AvgIpc) is 2.25. The number of rotatable bonds is 7. The molecule has 2 heteroatoms. The molecule has 2 N–H and O–H groups in total. The zero-order valence-corrected chi connectivity index (χ0v) is 8.92. The Morgan fingerprint density at radius 2 is 1.86 bits per heavy atom. The Morgan fingerprint density at radius 3 is 2.57 bits per heavy atom. The summed E-state index contributed by atoms with van der Waals surface area (Å²) in [5.41, 5.74) is 1.34. The maximum absolute atomic E-state index is 3.35. The van der Waals surface area contributed by atoms with Crippen molar-refractivity contribution in [1.29, 1.82) is 0 Å². The van der Waals surface area contributed by atoms with Gasteiger partial charge in [0.25, 0.3) is 0 Å². The molecule has 0 unspecified atom stereocenters. The molecule has 2 nitrogen and oxygen atoms in total. The van der Waals surface area contributed by atoms with Crippen molar-refractivity contribution in [2.24, 2.45) is 0 Å². The van der Waals surface area contributed by atoms with Gasteiger partial charge in [0.2, 0.25) is 0 Å². The molecular formula is C12H20N2. The maximum Gasteiger partial charge on any atom is 0.0456 e. The van der Waals surface area contributed by atoms with E-state index in [-0.39, 0.29) is 0 Å². The van der Waals surface area contributed by atoms with Crippen LogP contribution in [-0.2, 0) is 6.54 Å². The fourth-order valence-electron chi connectivity index (χ4n) is 1.28. The first kappa shape index (κ1) is 11.2. The predicted octanol–water partition coefficient (Wildman–Crippen LogP) is 2.12. The number of nitrogens with one attached hydrogen (secondary N) is 2. The molecular weight excluding hydrogens is 172 g/mol. The van der Waals surface area contributed by atoms with Gasteiger partial charge in [-0.2, -0.15) is 0 Å². The monoisotopic (exact) mass is 192 g/mol. The largest absolute Gasteiger partial charge is 0.304 e. The summed E-state index contributed by atoms with van der Waals surface area (Å²) < 4.78 is 0. The van der Waals surface area contributed by atoms with Crippen LogP contribution in [0.4, 0.5) is 0 Å². The molecule has 0 aliphatic heterocycles. The lowest BCUT2D eigenvalue weighted by molar-refractivity contribution is 0.565. The van der Waals surface area contributed by atoms with E-state index in [4.69, 9.17) is 0 Å². The minimum absolute atomic E-state index is 0.898. The van der Waals surface area contributed by atoms with E-state index < -0.39 is 0 Å². The summed E-state index contributed by atoms with van der Waals surface area (Å²) >= 11 is 0. The lowest BCUT2D eigenvalue weighted by atomic mass is 10.2. The highest BCUT2D eigenvalue weighted by Gasteiger charge is 1.89. The molecule has 0 aliphatic carbocycles. The van der Waals surface area contributed by atoms with Gasteiger partial charge in [0, 0.05) is 13.2 Å². The van der Waals surface area contributed by atoms with Crippen LogP contribution in [0.25, 0.3) is 0 Å². The number of hydrogen-bond donors (Lipinski definition) is 2. The SMILES string of the molecule is CCCCNCNCc1ccccc1. The van der Waals surface area contributed by atoms with Gasteiger partial charge in [0.05, 0.1) is 0 Å². The summed E-state index contributed by atoms with van der Waals surface area (Å²) in [7, 11) is 0. The van der Waals surface area contributed by atoms with Gasteiger partial charge >= 0.3 is 0 Å². The standard InChI is InChI=1S/C12H20N2/c1-2-3-9-13-11-14-10-12-7-5-4-6-8-12/h4-8,13-14H,2-3,9-11H2,1H3. The van der Waals surface area contributed by atoms with E-state index in [1.807, 2.05) is 6.07 Å². The van der Waals surface area contributed by atoms with Crippen LogP contribution in [0.2, 0.25) is 0 Å². The van der Waals surface area contributed by atoms with E-state index in [9.17, 15) is 0 Å². The van der Waals surface area contributed by atoms with E-state index in [0.717, 1.165) is 19.8 Å². The van der Waals surface area contributed by atoms with Gasteiger partial charge in [-0.15, -0.1) is 0 Å². The highest BCUT2D eigenvalue weighted by molar-refractivity contribution is 5.14. The number of benzene rings is 1. The summed E-state index contributed by atoms with van der Waals surface area (Å²) in [6, 6.07) is 10.5. The van der Waals surface area contributed by atoms with Gasteiger partial charge in [0.1, 0.15) is 0 Å². The maximum atomic E-state index is 3.35. The van der Waals surface area contributed by atoms with Crippen molar-refractivity contribution in [3.63, 3.8) is 0 Å². The molecule has 0 spiro atoms. The molecule has 78 valence electrons. The molecule has 0 fully saturated rings. The summed E-state index contributed by atoms with van der Waals surface area (Å²) in [6.45, 7) is 5.16. The van der Waals surface area contributed by atoms with Crippen LogP contribution in [0.3, 0.4) is 0 Å². The van der Waals surface area contributed by atoms with Gasteiger partial charge < -0.3 is 10.6 Å². The minimum Gasteiger partial charge on any atom is -0.304 e. The first-order valence-corrected chi connectivity index (χ1v) is 5.39. The van der Waals surface area contributed by atoms with Crippen molar-refractivity contribution in [3.05, 3.63) is 35.9 Å². The van der Waals surface area contributed by atoms with Crippen LogP contribution < -0.4 is 10.6 Å². The van der Waals surface area contributed by atoms with Gasteiger partial charge in [-0.05, 0) is 18.5 Å². The van der Waals surface area contributed by atoms with Crippen molar-refractivity contribution in [3.8, 4) is 0 Å². The molecule has 0 radical (unpaired) electrons. The van der Waals surface area contributed by atoms with Crippen molar-refractivity contribution in [2.45, 2.75) is 26.3 Å². The zero-order chi connectivity index (χ0) is 10.1. The van der Waals surface area contributed by atoms with E-state index in [2.05, 4.69) is 41.8 Å². The number of unbranched alkanes of at least 4 members (excludes halogenated alkanes) is 1. The van der Waals surface area contributed by atoms with Crippen molar-refractivity contribution >= 4 is 0 Å². The van der Waals surface area contributed by atoms with E-state index in [0.29, 0.717) is 0 Å². The molecule has 0 amide bonds. The smallest absolute Gasteiger partial charge is 0.0456 e. The fourth-order valence-corrected chi connectivity index (χ4v) is 1.28. The Kier molecular flexibility index (Phi) is 6.04. The Labute approximate surface area is 86.7 Å². The molecule has 0 saturated carbocycles. The second-order valence-corrected chi connectivity index (χ2v) is 3.44. The fraction of sp³-hybridized carbons (Fsp3) is 0.500. The highest BCUT2D eigenvalue weighted by Crippen LogP contribution is 1.96. The van der Waals surface area contributed by atoms with Crippen LogP contribution in [0.1, 0.15) is 25.3 Å². The molecule has 14 heavy (non-hydrogen) atoms. The molecule has 0 bridgehead atoms. The molecule has 0 heterocycles. The molecule has 1 aromatic carbocycles. The van der Waals surface area contributed by atoms with Gasteiger partial charge in [0.15, 0.2) is 0 Å². The number of hydrogen-bond acceptors (Lipinski definition) is 2. The Morgan fingerprint density at radius 1 is 1.07 bits per heavy atom. The van der Waals surface area contributed by atoms with Gasteiger partial charge in [-0.1, -0.05) is 43.7 Å². The Balaban J connectivity index is 1.99. The minimum atomic E-state index is 0.898. The lowest BCUT2D eigenvalue weighted by Gasteiger charge is -2.06. The quantitative estimate of drug-likeness (QED) is 0.511. The molecule has 0 aliphatic rings. The van der Waals surface area contributed by atoms with E-state index in [1.54, 1.807) is 0 Å². The van der Waals surface area contributed by atoms with E-state index in [1.165, 1.54) is 18.4 Å². The van der Waals surface area contributed by atoms with Crippen LogP contribution in [0.15, 0.2) is 30.3 Å². The van der Waals surface area contributed by atoms with E-state index >= 15 is 0 Å². The van der Waals surface area contributed by atoms with Crippen LogP contribution in [-0.4, -0.2) is 13.2 Å².